The molecule has 0 N–H and O–H groups in total. The van der Waals surface area contributed by atoms with Crippen molar-refractivity contribution < 1.29 is 14.0 Å². The minimum Gasteiger partial charge on any atom is -0.444 e. The summed E-state index contributed by atoms with van der Waals surface area (Å²) >= 11 is 0. The van der Waals surface area contributed by atoms with Crippen LogP contribution < -0.4 is 10.4 Å². The van der Waals surface area contributed by atoms with Gasteiger partial charge in [0.2, 0.25) is 0 Å². The lowest BCUT2D eigenvalue weighted by Crippen LogP contribution is -2.68. The first-order chi connectivity index (χ1) is 15.0. The number of benzene rings is 2. The normalized spacial score (nSPS) is 17.7. The Bertz CT molecular complexity index is 874. The van der Waals surface area contributed by atoms with Crippen LogP contribution in [0.1, 0.15) is 48.0 Å². The Morgan fingerprint density at radius 3 is 1.88 bits per heavy atom. The van der Waals surface area contributed by atoms with E-state index in [0.717, 1.165) is 6.42 Å². The van der Waals surface area contributed by atoms with Gasteiger partial charge in [0.05, 0.1) is 6.10 Å². The highest BCUT2D eigenvalue weighted by atomic mass is 28.4. The molecular formula is C27H37NO3Si. The molecule has 0 saturated carbocycles. The summed E-state index contributed by atoms with van der Waals surface area (Å²) < 4.78 is 12.9. The molecule has 1 amide bonds. The van der Waals surface area contributed by atoms with Crippen LogP contribution in [0.3, 0.4) is 0 Å². The fourth-order valence-electron chi connectivity index (χ4n) is 4.35. The van der Waals surface area contributed by atoms with Crippen LogP contribution in [-0.2, 0) is 9.16 Å². The number of hydrogen-bond donors (Lipinski definition) is 0. The molecule has 0 fully saturated rings. The number of rotatable bonds is 4. The summed E-state index contributed by atoms with van der Waals surface area (Å²) in [6.07, 6.45) is 4.53. The molecular weight excluding hydrogens is 414 g/mol. The zero-order valence-electron chi connectivity index (χ0n) is 20.3. The van der Waals surface area contributed by atoms with E-state index in [9.17, 15) is 4.79 Å². The van der Waals surface area contributed by atoms with Crippen LogP contribution in [0.15, 0.2) is 72.8 Å². The second-order valence-corrected chi connectivity index (χ2v) is 14.7. The summed E-state index contributed by atoms with van der Waals surface area (Å²) in [7, 11) is -2.68. The maximum atomic E-state index is 12.8. The number of carbonyl (C=O) groups is 1. The number of carbonyl (C=O) groups excluding carboxylic acids is 1. The molecule has 0 radical (unpaired) electrons. The third-order valence-corrected chi connectivity index (χ3v) is 10.8. The first-order valence-corrected chi connectivity index (χ1v) is 13.4. The molecule has 3 rings (SSSR count). The molecule has 1 heterocycles. The molecule has 4 nitrogen and oxygen atoms in total. The lowest BCUT2D eigenvalue weighted by Gasteiger charge is -2.45. The number of hydrogen-bond acceptors (Lipinski definition) is 3. The molecule has 1 aliphatic heterocycles. The highest BCUT2D eigenvalue weighted by molar-refractivity contribution is 6.99. The summed E-state index contributed by atoms with van der Waals surface area (Å²) in [5, 5.41) is 2.38. The Balaban J connectivity index is 2.01. The predicted octanol–water partition coefficient (Wildman–Crippen LogP) is 5.13. The number of amides is 1. The average molecular weight is 452 g/mol. The zero-order chi connectivity index (χ0) is 23.4. The molecule has 32 heavy (non-hydrogen) atoms. The van der Waals surface area contributed by atoms with Crippen LogP contribution in [0.5, 0.6) is 0 Å². The molecule has 0 bridgehead atoms. The van der Waals surface area contributed by atoms with Gasteiger partial charge in [0.15, 0.2) is 0 Å². The van der Waals surface area contributed by atoms with Crippen LogP contribution in [0.2, 0.25) is 5.04 Å². The second kappa shape index (κ2) is 9.63. The Hall–Kier alpha value is -2.37. The summed E-state index contributed by atoms with van der Waals surface area (Å²) in [5.41, 5.74) is -0.526. The van der Waals surface area contributed by atoms with E-state index in [0.29, 0.717) is 13.1 Å². The van der Waals surface area contributed by atoms with Gasteiger partial charge in [0.1, 0.15) is 5.60 Å². The van der Waals surface area contributed by atoms with Gasteiger partial charge in [0, 0.05) is 13.1 Å². The molecule has 0 unspecified atom stereocenters. The van der Waals surface area contributed by atoms with Gasteiger partial charge in [-0.15, -0.1) is 0 Å². The van der Waals surface area contributed by atoms with E-state index in [1.807, 2.05) is 26.8 Å². The molecule has 0 spiro atoms. The quantitative estimate of drug-likeness (QED) is 0.478. The van der Waals surface area contributed by atoms with Gasteiger partial charge in [-0.1, -0.05) is 93.6 Å². The predicted molar refractivity (Wildman–Crippen MR) is 134 cm³/mol. The Kier molecular flexibility index (Phi) is 7.31. The van der Waals surface area contributed by atoms with Gasteiger partial charge in [-0.25, -0.2) is 4.79 Å². The van der Waals surface area contributed by atoms with Gasteiger partial charge in [-0.2, -0.15) is 0 Å². The minimum atomic E-state index is -2.68. The standard InChI is InChI=1S/C27H37NO3Si/c1-26(2,3)30-25(29)28-20-14-13-15-22(21-28)31-32(27(4,5)6,23-16-9-7-10-17-23)24-18-11-8-12-19-24/h7-14,16-19,22H,15,20-21H2,1-6H3/t22-/m1/s1. The van der Waals surface area contributed by atoms with E-state index in [1.54, 1.807) is 4.90 Å². The van der Waals surface area contributed by atoms with Crippen molar-refractivity contribution in [1.82, 2.24) is 4.90 Å². The van der Waals surface area contributed by atoms with Crippen molar-refractivity contribution in [3.8, 4) is 0 Å². The van der Waals surface area contributed by atoms with Gasteiger partial charge >= 0.3 is 6.09 Å². The fourth-order valence-corrected chi connectivity index (χ4v) is 9.03. The van der Waals surface area contributed by atoms with E-state index in [1.165, 1.54) is 10.4 Å². The third-order valence-electron chi connectivity index (χ3n) is 5.73. The highest BCUT2D eigenvalue weighted by Crippen LogP contribution is 2.38. The second-order valence-electron chi connectivity index (χ2n) is 10.5. The molecule has 172 valence electrons. The molecule has 2 aromatic carbocycles. The smallest absolute Gasteiger partial charge is 0.410 e. The topological polar surface area (TPSA) is 38.8 Å². The minimum absolute atomic E-state index is 0.109. The van der Waals surface area contributed by atoms with Crippen molar-refractivity contribution in [2.45, 2.75) is 64.7 Å². The van der Waals surface area contributed by atoms with E-state index in [-0.39, 0.29) is 17.2 Å². The van der Waals surface area contributed by atoms with Gasteiger partial charge in [0.25, 0.3) is 8.32 Å². The van der Waals surface area contributed by atoms with Crippen LogP contribution in [0.25, 0.3) is 0 Å². The maximum Gasteiger partial charge on any atom is 0.410 e. The maximum absolute atomic E-state index is 12.8. The lowest BCUT2D eigenvalue weighted by molar-refractivity contribution is 0.0198. The Labute approximate surface area is 194 Å². The lowest BCUT2D eigenvalue weighted by atomic mass is 10.2. The number of ether oxygens (including phenoxy) is 1. The Morgan fingerprint density at radius 2 is 1.41 bits per heavy atom. The van der Waals surface area contributed by atoms with Crippen LogP contribution in [0, 0.1) is 0 Å². The van der Waals surface area contributed by atoms with Crippen LogP contribution in [0.4, 0.5) is 4.79 Å². The van der Waals surface area contributed by atoms with Crippen molar-refractivity contribution >= 4 is 24.8 Å². The molecule has 1 atom stereocenters. The first kappa shape index (κ1) is 24.3. The fraction of sp³-hybridized carbons (Fsp3) is 0.444. The molecule has 0 aliphatic carbocycles. The molecule has 1 aliphatic rings. The zero-order valence-corrected chi connectivity index (χ0v) is 21.3. The van der Waals surface area contributed by atoms with Crippen molar-refractivity contribution in [3.63, 3.8) is 0 Å². The SMILES string of the molecule is CC(C)(C)OC(=O)N1CC=CC[C@@H](O[Si](c2ccccc2)(c2ccccc2)C(C)(C)C)C1. The molecule has 5 heteroatoms. The van der Waals surface area contributed by atoms with Crippen molar-refractivity contribution in [2.75, 3.05) is 13.1 Å². The first-order valence-electron chi connectivity index (χ1n) is 11.4. The van der Waals surface area contributed by atoms with E-state index in [2.05, 4.69) is 87.5 Å². The Morgan fingerprint density at radius 1 is 0.875 bits per heavy atom. The van der Waals surface area contributed by atoms with Crippen molar-refractivity contribution in [3.05, 3.63) is 72.8 Å². The van der Waals surface area contributed by atoms with E-state index < -0.39 is 13.9 Å². The van der Waals surface area contributed by atoms with Crippen molar-refractivity contribution in [2.24, 2.45) is 0 Å². The van der Waals surface area contributed by atoms with E-state index >= 15 is 0 Å². The van der Waals surface area contributed by atoms with Gasteiger partial charge in [-0.05, 0) is 42.6 Å². The summed E-state index contributed by atoms with van der Waals surface area (Å²) in [4.78, 5) is 14.6. The summed E-state index contributed by atoms with van der Waals surface area (Å²) in [5.74, 6) is 0. The summed E-state index contributed by atoms with van der Waals surface area (Å²) in [6, 6.07) is 21.3. The van der Waals surface area contributed by atoms with Crippen molar-refractivity contribution in [1.29, 1.82) is 0 Å². The van der Waals surface area contributed by atoms with Crippen LogP contribution >= 0.6 is 0 Å². The van der Waals surface area contributed by atoms with Gasteiger partial charge in [-0.3, -0.25) is 0 Å². The molecule has 0 aromatic heterocycles. The third kappa shape index (κ3) is 5.51. The van der Waals surface area contributed by atoms with Gasteiger partial charge < -0.3 is 14.1 Å². The van der Waals surface area contributed by atoms with Crippen LogP contribution in [-0.4, -0.2) is 44.1 Å². The highest BCUT2D eigenvalue weighted by Gasteiger charge is 2.51. The van der Waals surface area contributed by atoms with E-state index in [4.69, 9.17) is 9.16 Å². The average Bonchev–Trinajstić information content (AvgIpc) is 2.97. The monoisotopic (exact) mass is 451 g/mol. The molecule has 0 saturated heterocycles. The number of nitrogens with zero attached hydrogens (tertiary/aromatic N) is 1. The molecule has 2 aromatic rings. The summed E-state index contributed by atoms with van der Waals surface area (Å²) in [6.45, 7) is 13.6. The largest absolute Gasteiger partial charge is 0.444 e.